The predicted octanol–water partition coefficient (Wildman–Crippen LogP) is 9.76. The van der Waals surface area contributed by atoms with Gasteiger partial charge in [0.2, 0.25) is 0 Å². The second kappa shape index (κ2) is 16.1. The van der Waals surface area contributed by atoms with Gasteiger partial charge in [-0.3, -0.25) is 0 Å². The molecule has 0 amide bonds. The van der Waals surface area contributed by atoms with Crippen LogP contribution < -0.4 is 0 Å². The molecule has 1 fully saturated rings. The largest absolute Gasteiger partial charge is 0.236 e. The molecule has 1 aliphatic rings. The average Bonchev–Trinajstić information content (AvgIpc) is 2.88. The highest BCUT2D eigenvalue weighted by atomic mass is 14.9. The van der Waals surface area contributed by atoms with Gasteiger partial charge in [-0.05, 0) is 48.6 Å². The lowest BCUT2D eigenvalue weighted by Gasteiger charge is -2.28. The fraction of sp³-hybridized carbons (Fsp3) is 0.688. The molecular weight excluding hydrogens is 412 g/mol. The first-order valence-electron chi connectivity index (χ1n) is 14.7. The normalized spacial score (nSPS) is 18.3. The second-order valence-corrected chi connectivity index (χ2v) is 10.9. The maximum atomic E-state index is 4.68. The summed E-state index contributed by atoms with van der Waals surface area (Å²) in [6.07, 6.45) is 28.9. The third-order valence-corrected chi connectivity index (χ3v) is 8.01. The first-order valence-corrected chi connectivity index (χ1v) is 14.7. The van der Waals surface area contributed by atoms with Crippen molar-refractivity contribution in [3.63, 3.8) is 0 Å². The zero-order valence-electron chi connectivity index (χ0n) is 22.2. The zero-order valence-corrected chi connectivity index (χ0v) is 22.2. The van der Waals surface area contributed by atoms with E-state index in [1.165, 1.54) is 120 Å². The summed E-state index contributed by atoms with van der Waals surface area (Å²) in [5.74, 6) is 2.77. The Morgan fingerprint density at radius 1 is 0.588 bits per heavy atom. The number of benzene rings is 1. The number of aryl methyl sites for hydroxylation is 2. The second-order valence-electron chi connectivity index (χ2n) is 10.9. The molecule has 2 aromatic rings. The molecule has 2 heteroatoms. The third-order valence-electron chi connectivity index (χ3n) is 8.01. The van der Waals surface area contributed by atoms with Crippen molar-refractivity contribution < 1.29 is 0 Å². The molecule has 0 bridgehead atoms. The van der Waals surface area contributed by atoms with Crippen molar-refractivity contribution in [3.8, 4) is 11.4 Å². The van der Waals surface area contributed by atoms with Crippen LogP contribution in [-0.4, -0.2) is 9.97 Å². The van der Waals surface area contributed by atoms with E-state index in [1.54, 1.807) is 0 Å². The molecule has 0 spiro atoms. The average molecular weight is 463 g/mol. The predicted molar refractivity (Wildman–Crippen MR) is 147 cm³/mol. The molecule has 3 rings (SSSR count). The molecule has 0 aliphatic heterocycles. The molecule has 0 N–H and O–H groups in total. The van der Waals surface area contributed by atoms with E-state index in [0.29, 0.717) is 0 Å². The van der Waals surface area contributed by atoms with Crippen molar-refractivity contribution in [2.24, 2.45) is 11.8 Å². The number of rotatable bonds is 16. The van der Waals surface area contributed by atoms with E-state index in [1.807, 2.05) is 0 Å². The van der Waals surface area contributed by atoms with Gasteiger partial charge in [-0.25, -0.2) is 9.97 Å². The molecule has 0 radical (unpaired) electrons. The summed E-state index contributed by atoms with van der Waals surface area (Å²) in [6, 6.07) is 8.85. The van der Waals surface area contributed by atoms with Crippen LogP contribution in [0.25, 0.3) is 11.4 Å². The summed E-state index contributed by atoms with van der Waals surface area (Å²) < 4.78 is 0. The molecule has 34 heavy (non-hydrogen) atoms. The Morgan fingerprint density at radius 2 is 1.15 bits per heavy atom. The Kier molecular flexibility index (Phi) is 12.7. The Balaban J connectivity index is 1.31. The van der Waals surface area contributed by atoms with Crippen molar-refractivity contribution in [2.75, 3.05) is 0 Å². The molecule has 1 aliphatic carbocycles. The lowest BCUT2D eigenvalue weighted by atomic mass is 9.78. The summed E-state index contributed by atoms with van der Waals surface area (Å²) in [4.78, 5) is 9.37. The van der Waals surface area contributed by atoms with Crippen molar-refractivity contribution in [1.82, 2.24) is 9.97 Å². The van der Waals surface area contributed by atoms with Crippen LogP contribution in [0.3, 0.4) is 0 Å². The molecule has 1 saturated carbocycles. The molecule has 1 heterocycles. The van der Waals surface area contributed by atoms with Gasteiger partial charge in [0, 0.05) is 18.0 Å². The van der Waals surface area contributed by atoms with E-state index in [9.17, 15) is 0 Å². The smallest absolute Gasteiger partial charge is 0.159 e. The number of aromatic nitrogens is 2. The van der Waals surface area contributed by atoms with Crippen LogP contribution in [0.5, 0.6) is 0 Å². The zero-order chi connectivity index (χ0) is 23.8. The van der Waals surface area contributed by atoms with Gasteiger partial charge in [0.15, 0.2) is 5.82 Å². The van der Waals surface area contributed by atoms with Crippen molar-refractivity contribution in [1.29, 1.82) is 0 Å². The summed E-state index contributed by atoms with van der Waals surface area (Å²) in [7, 11) is 0. The van der Waals surface area contributed by atoms with Crippen LogP contribution in [-0.2, 0) is 12.8 Å². The van der Waals surface area contributed by atoms with Crippen LogP contribution in [0, 0.1) is 11.8 Å². The summed E-state index contributed by atoms with van der Waals surface area (Å²) in [5, 5.41) is 0. The van der Waals surface area contributed by atoms with Crippen LogP contribution in [0.1, 0.15) is 128 Å². The standard InChI is InChI=1S/C32H50N2/c1-3-5-7-8-9-10-12-14-27-15-17-29(18-16-27)19-20-30-25-33-32(34-26-30)31-23-21-28(22-24-31)13-11-6-4-2/h21-27,29H,3-20H2,1-2H3/t27-,29-. The topological polar surface area (TPSA) is 25.8 Å². The first-order chi connectivity index (χ1) is 16.8. The molecule has 2 nitrogen and oxygen atoms in total. The van der Waals surface area contributed by atoms with Gasteiger partial charge in [0.05, 0.1) is 0 Å². The third kappa shape index (κ3) is 9.88. The monoisotopic (exact) mass is 462 g/mol. The van der Waals surface area contributed by atoms with Crippen LogP contribution in [0.15, 0.2) is 36.7 Å². The van der Waals surface area contributed by atoms with E-state index in [-0.39, 0.29) is 0 Å². The highest BCUT2D eigenvalue weighted by molar-refractivity contribution is 5.55. The van der Waals surface area contributed by atoms with E-state index in [0.717, 1.165) is 29.6 Å². The van der Waals surface area contributed by atoms with Gasteiger partial charge in [-0.15, -0.1) is 0 Å². The Labute approximate surface area is 210 Å². The van der Waals surface area contributed by atoms with Crippen molar-refractivity contribution >= 4 is 0 Å². The van der Waals surface area contributed by atoms with Gasteiger partial charge in [-0.1, -0.05) is 128 Å². The van der Waals surface area contributed by atoms with Crippen LogP contribution in [0.2, 0.25) is 0 Å². The molecule has 0 saturated heterocycles. The maximum Gasteiger partial charge on any atom is 0.159 e. The minimum atomic E-state index is 0.856. The molecule has 1 aromatic carbocycles. The Hall–Kier alpha value is -1.70. The van der Waals surface area contributed by atoms with E-state index in [4.69, 9.17) is 0 Å². The number of hydrogen-bond donors (Lipinski definition) is 0. The van der Waals surface area contributed by atoms with Gasteiger partial charge in [0.25, 0.3) is 0 Å². The van der Waals surface area contributed by atoms with Crippen molar-refractivity contribution in [2.45, 2.75) is 129 Å². The van der Waals surface area contributed by atoms with E-state index >= 15 is 0 Å². The molecule has 188 valence electrons. The van der Waals surface area contributed by atoms with Gasteiger partial charge >= 0.3 is 0 Å². The van der Waals surface area contributed by atoms with Crippen LogP contribution in [0.4, 0.5) is 0 Å². The SMILES string of the molecule is CCCCCCCCC[C@H]1CC[C@H](CCc2cnc(-c3ccc(CCCCC)cc3)nc2)CC1. The number of nitrogens with zero attached hydrogens (tertiary/aromatic N) is 2. The summed E-state index contributed by atoms with van der Waals surface area (Å²) in [6.45, 7) is 4.56. The highest BCUT2D eigenvalue weighted by Gasteiger charge is 2.20. The maximum absolute atomic E-state index is 4.68. The Morgan fingerprint density at radius 3 is 1.79 bits per heavy atom. The molecule has 1 aromatic heterocycles. The quantitative estimate of drug-likeness (QED) is 0.232. The summed E-state index contributed by atoms with van der Waals surface area (Å²) >= 11 is 0. The first kappa shape index (κ1) is 26.9. The minimum Gasteiger partial charge on any atom is -0.236 e. The van der Waals surface area contributed by atoms with E-state index in [2.05, 4.69) is 60.5 Å². The fourth-order valence-electron chi connectivity index (χ4n) is 5.60. The molecule has 0 atom stereocenters. The van der Waals surface area contributed by atoms with Gasteiger partial charge in [-0.2, -0.15) is 0 Å². The number of unbranched alkanes of at least 4 members (excludes halogenated alkanes) is 8. The molecule has 0 unspecified atom stereocenters. The summed E-state index contributed by atoms with van der Waals surface area (Å²) in [5.41, 5.74) is 3.85. The molecular formula is C32H50N2. The fourth-order valence-corrected chi connectivity index (χ4v) is 5.60. The van der Waals surface area contributed by atoms with E-state index < -0.39 is 0 Å². The van der Waals surface area contributed by atoms with Crippen LogP contribution >= 0.6 is 0 Å². The Bertz CT molecular complexity index is 757. The number of hydrogen-bond acceptors (Lipinski definition) is 2. The van der Waals surface area contributed by atoms with Gasteiger partial charge in [0.1, 0.15) is 0 Å². The van der Waals surface area contributed by atoms with Gasteiger partial charge < -0.3 is 0 Å². The highest BCUT2D eigenvalue weighted by Crippen LogP contribution is 2.34. The lowest BCUT2D eigenvalue weighted by molar-refractivity contribution is 0.248. The van der Waals surface area contributed by atoms with Crippen molar-refractivity contribution in [3.05, 3.63) is 47.8 Å². The minimum absolute atomic E-state index is 0.856. The lowest BCUT2D eigenvalue weighted by Crippen LogP contribution is -2.15.